The average Bonchev–Trinajstić information content (AvgIpc) is 2.98. The van der Waals surface area contributed by atoms with Gasteiger partial charge >= 0.3 is 0 Å². The van der Waals surface area contributed by atoms with E-state index in [0.29, 0.717) is 24.0 Å². The van der Waals surface area contributed by atoms with Crippen LogP contribution in [-0.4, -0.2) is 36.1 Å². The van der Waals surface area contributed by atoms with Crippen molar-refractivity contribution < 1.29 is 13.2 Å². The van der Waals surface area contributed by atoms with E-state index in [1.807, 2.05) is 0 Å². The van der Waals surface area contributed by atoms with Crippen molar-refractivity contribution in [3.8, 4) is 0 Å². The van der Waals surface area contributed by atoms with Crippen LogP contribution in [0.25, 0.3) is 10.9 Å². The van der Waals surface area contributed by atoms with Gasteiger partial charge in [0, 0.05) is 18.9 Å². The van der Waals surface area contributed by atoms with E-state index in [4.69, 9.17) is 5.14 Å². The lowest BCUT2D eigenvalue weighted by molar-refractivity contribution is 0.0950. The first kappa shape index (κ1) is 16.1. The van der Waals surface area contributed by atoms with Gasteiger partial charge in [-0.05, 0) is 30.2 Å². The summed E-state index contributed by atoms with van der Waals surface area (Å²) >= 11 is 0. The van der Waals surface area contributed by atoms with E-state index >= 15 is 0 Å². The fourth-order valence-electron chi connectivity index (χ4n) is 2.28. The van der Waals surface area contributed by atoms with Crippen molar-refractivity contribution in [1.29, 1.82) is 0 Å². The van der Waals surface area contributed by atoms with Crippen molar-refractivity contribution in [2.75, 3.05) is 6.54 Å². The molecule has 3 aromatic rings. The fourth-order valence-corrected chi connectivity index (χ4v) is 2.80. The number of amides is 1. The highest BCUT2D eigenvalue weighted by Crippen LogP contribution is 2.13. The zero-order valence-electron chi connectivity index (χ0n) is 12.6. The molecule has 2 aromatic heterocycles. The SMILES string of the molecule is NS(=O)(=O)c1ccc(CCNC(=O)c2n[nH]c3ccncc23)cc1. The van der Waals surface area contributed by atoms with Crippen LogP contribution in [0.15, 0.2) is 47.6 Å². The summed E-state index contributed by atoms with van der Waals surface area (Å²) < 4.78 is 22.4. The molecule has 0 saturated heterocycles. The second-order valence-electron chi connectivity index (χ2n) is 5.19. The molecule has 0 unspecified atom stereocenters. The van der Waals surface area contributed by atoms with E-state index < -0.39 is 10.0 Å². The monoisotopic (exact) mass is 345 g/mol. The number of nitrogens with two attached hydrogens (primary N) is 1. The van der Waals surface area contributed by atoms with Crippen molar-refractivity contribution in [3.63, 3.8) is 0 Å². The maximum atomic E-state index is 12.2. The lowest BCUT2D eigenvalue weighted by Gasteiger charge is -2.05. The molecule has 1 aromatic carbocycles. The molecular weight excluding hydrogens is 330 g/mol. The zero-order valence-corrected chi connectivity index (χ0v) is 13.4. The lowest BCUT2D eigenvalue weighted by Crippen LogP contribution is -2.26. The molecule has 24 heavy (non-hydrogen) atoms. The second kappa shape index (κ2) is 6.38. The van der Waals surface area contributed by atoms with Gasteiger partial charge in [-0.1, -0.05) is 12.1 Å². The largest absolute Gasteiger partial charge is 0.350 e. The number of benzene rings is 1. The molecule has 9 heteroatoms. The van der Waals surface area contributed by atoms with Crippen LogP contribution in [0.4, 0.5) is 0 Å². The Morgan fingerprint density at radius 3 is 2.67 bits per heavy atom. The smallest absolute Gasteiger partial charge is 0.272 e. The summed E-state index contributed by atoms with van der Waals surface area (Å²) in [4.78, 5) is 16.2. The van der Waals surface area contributed by atoms with Crippen LogP contribution in [0.3, 0.4) is 0 Å². The number of H-pyrrole nitrogens is 1. The van der Waals surface area contributed by atoms with Gasteiger partial charge in [-0.3, -0.25) is 14.9 Å². The molecule has 0 radical (unpaired) electrons. The molecule has 0 aliphatic rings. The molecular formula is C15H15N5O3S. The normalized spacial score (nSPS) is 11.5. The molecule has 3 rings (SSSR count). The predicted octanol–water partition coefficient (Wildman–Crippen LogP) is 0.578. The van der Waals surface area contributed by atoms with Crippen LogP contribution >= 0.6 is 0 Å². The third kappa shape index (κ3) is 3.42. The topological polar surface area (TPSA) is 131 Å². The number of hydrogen-bond donors (Lipinski definition) is 3. The van der Waals surface area contributed by atoms with Gasteiger partial charge in [-0.25, -0.2) is 13.6 Å². The lowest BCUT2D eigenvalue weighted by atomic mass is 10.1. The Morgan fingerprint density at radius 2 is 1.96 bits per heavy atom. The van der Waals surface area contributed by atoms with Gasteiger partial charge in [-0.2, -0.15) is 5.10 Å². The number of primary sulfonamides is 1. The first-order valence-electron chi connectivity index (χ1n) is 7.13. The zero-order chi connectivity index (χ0) is 17.2. The summed E-state index contributed by atoms with van der Waals surface area (Å²) in [5.41, 5.74) is 1.92. The molecule has 0 atom stereocenters. The van der Waals surface area contributed by atoms with Gasteiger partial charge in [0.15, 0.2) is 5.69 Å². The standard InChI is InChI=1S/C15H15N5O3S/c16-24(22,23)11-3-1-10(2-4-11)5-8-18-15(21)14-12-9-17-7-6-13(12)19-20-14/h1-4,6-7,9H,5,8H2,(H,18,21)(H,19,20)(H2,16,22,23). The van der Waals surface area contributed by atoms with Crippen LogP contribution in [0.1, 0.15) is 16.1 Å². The third-order valence-corrected chi connectivity index (χ3v) is 4.46. The van der Waals surface area contributed by atoms with Crippen molar-refractivity contribution in [2.24, 2.45) is 5.14 Å². The maximum Gasteiger partial charge on any atom is 0.272 e. The number of aromatic amines is 1. The summed E-state index contributed by atoms with van der Waals surface area (Å²) in [5, 5.41) is 15.3. The van der Waals surface area contributed by atoms with Crippen molar-refractivity contribution >= 4 is 26.8 Å². The molecule has 4 N–H and O–H groups in total. The molecule has 1 amide bonds. The number of nitrogens with zero attached hydrogens (tertiary/aromatic N) is 2. The van der Waals surface area contributed by atoms with Crippen molar-refractivity contribution in [3.05, 3.63) is 54.0 Å². The highest BCUT2D eigenvalue weighted by molar-refractivity contribution is 7.89. The van der Waals surface area contributed by atoms with Crippen LogP contribution in [0.2, 0.25) is 0 Å². The van der Waals surface area contributed by atoms with E-state index in [1.165, 1.54) is 12.1 Å². The Balaban J connectivity index is 1.61. The van der Waals surface area contributed by atoms with Gasteiger partial charge in [0.2, 0.25) is 10.0 Å². The summed E-state index contributed by atoms with van der Waals surface area (Å²) in [6.07, 6.45) is 3.75. The van der Waals surface area contributed by atoms with Crippen molar-refractivity contribution in [1.82, 2.24) is 20.5 Å². The van der Waals surface area contributed by atoms with Crippen LogP contribution in [0.5, 0.6) is 0 Å². The van der Waals surface area contributed by atoms with Gasteiger partial charge in [0.1, 0.15) is 0 Å². The van der Waals surface area contributed by atoms with Crippen molar-refractivity contribution in [2.45, 2.75) is 11.3 Å². The quantitative estimate of drug-likeness (QED) is 0.622. The summed E-state index contributed by atoms with van der Waals surface area (Å²) in [7, 11) is -3.69. The minimum Gasteiger partial charge on any atom is -0.350 e. The average molecular weight is 345 g/mol. The number of fused-ring (bicyclic) bond motifs is 1. The molecule has 0 saturated carbocycles. The molecule has 8 nitrogen and oxygen atoms in total. The number of pyridine rings is 1. The maximum absolute atomic E-state index is 12.2. The van der Waals surface area contributed by atoms with Crippen LogP contribution < -0.4 is 10.5 Å². The van der Waals surface area contributed by atoms with E-state index in [9.17, 15) is 13.2 Å². The summed E-state index contributed by atoms with van der Waals surface area (Å²) in [5.74, 6) is -0.296. The summed E-state index contributed by atoms with van der Waals surface area (Å²) in [6, 6.07) is 7.96. The number of carbonyl (C=O) groups excluding carboxylic acids is 1. The molecule has 0 aliphatic heterocycles. The molecule has 0 fully saturated rings. The van der Waals surface area contributed by atoms with Crippen LogP contribution in [-0.2, 0) is 16.4 Å². The number of hydrogen-bond acceptors (Lipinski definition) is 5. The van der Waals surface area contributed by atoms with Gasteiger partial charge in [-0.15, -0.1) is 0 Å². The Labute approximate surface area is 138 Å². The molecule has 124 valence electrons. The Morgan fingerprint density at radius 1 is 1.21 bits per heavy atom. The molecule has 0 bridgehead atoms. The Kier molecular flexibility index (Phi) is 4.28. The van der Waals surface area contributed by atoms with Gasteiger partial charge in [0.25, 0.3) is 5.91 Å². The van der Waals surface area contributed by atoms with E-state index in [2.05, 4.69) is 20.5 Å². The highest BCUT2D eigenvalue weighted by Gasteiger charge is 2.13. The first-order valence-corrected chi connectivity index (χ1v) is 8.68. The van der Waals surface area contributed by atoms with Gasteiger partial charge in [0.05, 0.1) is 15.8 Å². The van der Waals surface area contributed by atoms with E-state index in [-0.39, 0.29) is 10.8 Å². The minimum atomic E-state index is -3.69. The molecule has 0 spiro atoms. The number of aromatic nitrogens is 3. The highest BCUT2D eigenvalue weighted by atomic mass is 32.2. The number of rotatable bonds is 5. The fraction of sp³-hybridized carbons (Fsp3) is 0.133. The summed E-state index contributed by atoms with van der Waals surface area (Å²) in [6.45, 7) is 0.391. The third-order valence-electron chi connectivity index (χ3n) is 3.53. The van der Waals surface area contributed by atoms with E-state index in [1.54, 1.807) is 30.6 Å². The second-order valence-corrected chi connectivity index (χ2v) is 6.75. The Hall–Kier alpha value is -2.78. The number of sulfonamides is 1. The first-order chi connectivity index (χ1) is 11.4. The Bertz CT molecular complexity index is 980. The molecule has 2 heterocycles. The van der Waals surface area contributed by atoms with E-state index in [0.717, 1.165) is 11.1 Å². The number of carbonyl (C=O) groups is 1. The van der Waals surface area contributed by atoms with Gasteiger partial charge < -0.3 is 5.32 Å². The van der Waals surface area contributed by atoms with Crippen LogP contribution in [0, 0.1) is 0 Å². The molecule has 0 aliphatic carbocycles. The number of nitrogens with one attached hydrogen (secondary N) is 2. The minimum absolute atomic E-state index is 0.0609. The predicted molar refractivity (Wildman–Crippen MR) is 87.7 cm³/mol.